The Morgan fingerprint density at radius 1 is 1.17 bits per heavy atom. The van der Waals surface area contributed by atoms with Crippen molar-refractivity contribution < 1.29 is 34.5 Å². The molecular formula is C16H26N6O7S. The van der Waals surface area contributed by atoms with E-state index in [2.05, 4.69) is 38.5 Å². The molecular weight excluding hydrogens is 420 g/mol. The first-order valence-electron chi connectivity index (χ1n) is 8.87. The third-order valence-electron chi connectivity index (χ3n) is 4.01. The van der Waals surface area contributed by atoms with E-state index in [1.165, 1.54) is 19.4 Å². The van der Waals surface area contributed by atoms with Gasteiger partial charge in [0.2, 0.25) is 17.7 Å². The molecule has 0 aliphatic heterocycles. The van der Waals surface area contributed by atoms with Gasteiger partial charge in [-0.3, -0.25) is 14.4 Å². The molecule has 0 spiro atoms. The molecule has 0 fully saturated rings. The van der Waals surface area contributed by atoms with Crippen LogP contribution in [-0.4, -0.2) is 91.6 Å². The summed E-state index contributed by atoms with van der Waals surface area (Å²) in [7, 11) is 0. The van der Waals surface area contributed by atoms with E-state index in [9.17, 15) is 24.3 Å². The molecule has 168 valence electrons. The highest BCUT2D eigenvalue weighted by molar-refractivity contribution is 7.80. The van der Waals surface area contributed by atoms with Gasteiger partial charge in [-0.1, -0.05) is 0 Å². The number of nitrogens with two attached hydrogens (primary N) is 1. The summed E-state index contributed by atoms with van der Waals surface area (Å²) in [4.78, 5) is 54.8. The number of hydrogen-bond donors (Lipinski definition) is 9. The second-order valence-corrected chi connectivity index (χ2v) is 6.81. The fraction of sp³-hybridized carbons (Fsp3) is 0.562. The largest absolute Gasteiger partial charge is 0.480 e. The fourth-order valence-electron chi connectivity index (χ4n) is 2.30. The van der Waals surface area contributed by atoms with E-state index in [1.807, 2.05) is 0 Å². The number of carboxylic acids is 1. The SMILES string of the molecule is CC(O)C(NC(=O)C(CS)NC(=O)C(Cc1cnc[nH]1)NC(=O)C(N)CO)C(=O)O. The quantitative estimate of drug-likeness (QED) is 0.143. The lowest BCUT2D eigenvalue weighted by Crippen LogP contribution is -2.59. The maximum Gasteiger partial charge on any atom is 0.328 e. The highest BCUT2D eigenvalue weighted by atomic mass is 32.1. The molecule has 30 heavy (non-hydrogen) atoms. The van der Waals surface area contributed by atoms with Crippen LogP contribution in [0.25, 0.3) is 0 Å². The maximum absolute atomic E-state index is 12.7. The molecule has 13 nitrogen and oxygen atoms in total. The fourth-order valence-corrected chi connectivity index (χ4v) is 2.55. The number of carboxylic acid groups (broad SMARTS) is 1. The standard InChI is InChI=1S/C16H26N6O7S/c1-7(24)12(16(28)29)22-15(27)11(5-30)21-14(26)10(2-8-3-18-6-19-8)20-13(25)9(17)4-23/h3,6-7,9-12,23-24,30H,2,4-5,17H2,1H3,(H,18,19)(H,20,25)(H,21,26)(H,22,27)(H,28,29). The van der Waals surface area contributed by atoms with Crippen molar-refractivity contribution in [1.29, 1.82) is 0 Å². The summed E-state index contributed by atoms with van der Waals surface area (Å²) in [6.07, 6.45) is 1.40. The summed E-state index contributed by atoms with van der Waals surface area (Å²) in [5.74, 6) is -4.09. The summed E-state index contributed by atoms with van der Waals surface area (Å²) in [5.41, 5.74) is 5.96. The van der Waals surface area contributed by atoms with E-state index in [-0.39, 0.29) is 12.2 Å². The Labute approximate surface area is 177 Å². The van der Waals surface area contributed by atoms with Gasteiger partial charge in [-0.2, -0.15) is 12.6 Å². The normalized spacial score (nSPS) is 15.9. The molecule has 0 radical (unpaired) electrons. The van der Waals surface area contributed by atoms with Gasteiger partial charge in [0.15, 0.2) is 6.04 Å². The van der Waals surface area contributed by atoms with Crippen LogP contribution in [0, 0.1) is 0 Å². The number of rotatable bonds is 12. The first-order chi connectivity index (χ1) is 14.1. The van der Waals surface area contributed by atoms with Crippen molar-refractivity contribution in [2.24, 2.45) is 5.73 Å². The number of aliphatic carboxylic acids is 1. The van der Waals surface area contributed by atoms with E-state index >= 15 is 0 Å². The highest BCUT2D eigenvalue weighted by Gasteiger charge is 2.31. The van der Waals surface area contributed by atoms with Crippen LogP contribution < -0.4 is 21.7 Å². The lowest BCUT2D eigenvalue weighted by molar-refractivity contribution is -0.145. The predicted molar refractivity (Wildman–Crippen MR) is 106 cm³/mol. The van der Waals surface area contributed by atoms with Crippen molar-refractivity contribution in [3.63, 3.8) is 0 Å². The van der Waals surface area contributed by atoms with Gasteiger partial charge in [-0.05, 0) is 6.92 Å². The van der Waals surface area contributed by atoms with Gasteiger partial charge in [0, 0.05) is 24.1 Å². The number of amides is 3. The Balaban J connectivity index is 2.91. The lowest BCUT2D eigenvalue weighted by Gasteiger charge is -2.24. The van der Waals surface area contributed by atoms with Gasteiger partial charge < -0.3 is 42.0 Å². The molecule has 0 aromatic carbocycles. The molecule has 3 amide bonds. The van der Waals surface area contributed by atoms with Crippen molar-refractivity contribution in [2.75, 3.05) is 12.4 Å². The molecule has 1 aromatic heterocycles. The Morgan fingerprint density at radius 2 is 1.77 bits per heavy atom. The van der Waals surface area contributed by atoms with E-state index < -0.39 is 60.6 Å². The van der Waals surface area contributed by atoms with Crippen LogP contribution in [0.2, 0.25) is 0 Å². The molecule has 0 aliphatic rings. The average Bonchev–Trinajstić information content (AvgIpc) is 3.21. The van der Waals surface area contributed by atoms with Gasteiger partial charge >= 0.3 is 5.97 Å². The Kier molecular flexibility index (Phi) is 10.2. The van der Waals surface area contributed by atoms with Gasteiger partial charge in [-0.15, -0.1) is 0 Å². The first-order valence-corrected chi connectivity index (χ1v) is 9.50. The van der Waals surface area contributed by atoms with Crippen LogP contribution in [0.3, 0.4) is 0 Å². The van der Waals surface area contributed by atoms with Gasteiger partial charge in [0.05, 0.1) is 19.0 Å². The minimum atomic E-state index is -1.58. The lowest BCUT2D eigenvalue weighted by atomic mass is 10.1. The van der Waals surface area contributed by atoms with Crippen molar-refractivity contribution in [1.82, 2.24) is 25.9 Å². The van der Waals surface area contributed by atoms with E-state index in [0.29, 0.717) is 5.69 Å². The molecule has 0 aliphatic carbocycles. The first kappa shape index (κ1) is 25.4. The number of nitrogens with one attached hydrogen (secondary N) is 4. The second-order valence-electron chi connectivity index (χ2n) is 6.44. The number of aromatic nitrogens is 2. The number of nitrogens with zero attached hydrogens (tertiary/aromatic N) is 1. The number of aliphatic hydroxyl groups is 2. The van der Waals surface area contributed by atoms with E-state index in [0.717, 1.165) is 0 Å². The van der Waals surface area contributed by atoms with Crippen molar-refractivity contribution in [3.05, 3.63) is 18.2 Å². The Morgan fingerprint density at radius 3 is 2.23 bits per heavy atom. The minimum Gasteiger partial charge on any atom is -0.480 e. The summed E-state index contributed by atoms with van der Waals surface area (Å²) in [6.45, 7) is 0.551. The van der Waals surface area contributed by atoms with Crippen LogP contribution in [0.15, 0.2) is 12.5 Å². The predicted octanol–water partition coefficient (Wildman–Crippen LogP) is -3.88. The highest BCUT2D eigenvalue weighted by Crippen LogP contribution is 2.02. The molecule has 0 saturated heterocycles. The number of thiol groups is 1. The van der Waals surface area contributed by atoms with Gasteiger partial charge in [0.1, 0.15) is 18.1 Å². The monoisotopic (exact) mass is 446 g/mol. The zero-order chi connectivity index (χ0) is 22.8. The topological polar surface area (TPSA) is 220 Å². The average molecular weight is 446 g/mol. The smallest absolute Gasteiger partial charge is 0.328 e. The summed E-state index contributed by atoms with van der Waals surface area (Å²) >= 11 is 3.99. The van der Waals surface area contributed by atoms with E-state index in [1.54, 1.807) is 0 Å². The number of hydrogen-bond acceptors (Lipinski definition) is 9. The van der Waals surface area contributed by atoms with Crippen LogP contribution in [0.5, 0.6) is 0 Å². The molecule has 0 saturated carbocycles. The number of carbonyl (C=O) groups excluding carboxylic acids is 3. The number of imidazole rings is 1. The molecule has 14 heteroatoms. The molecule has 5 atom stereocenters. The Hall–Kier alpha value is -2.68. The molecule has 1 aromatic rings. The zero-order valence-electron chi connectivity index (χ0n) is 16.1. The van der Waals surface area contributed by atoms with Crippen LogP contribution in [0.1, 0.15) is 12.6 Å². The zero-order valence-corrected chi connectivity index (χ0v) is 17.0. The number of aromatic amines is 1. The second kappa shape index (κ2) is 12.1. The van der Waals surface area contributed by atoms with Crippen molar-refractivity contribution in [3.8, 4) is 0 Å². The van der Waals surface area contributed by atoms with Gasteiger partial charge in [0.25, 0.3) is 0 Å². The number of carbonyl (C=O) groups is 4. The van der Waals surface area contributed by atoms with Crippen LogP contribution in [0.4, 0.5) is 0 Å². The Bertz CT molecular complexity index is 730. The van der Waals surface area contributed by atoms with E-state index in [4.69, 9.17) is 15.9 Å². The molecule has 1 rings (SSSR count). The number of aliphatic hydroxyl groups excluding tert-OH is 2. The van der Waals surface area contributed by atoms with Crippen molar-refractivity contribution >= 4 is 36.3 Å². The third kappa shape index (κ3) is 7.62. The molecule has 1 heterocycles. The minimum absolute atomic E-state index is 0.0257. The van der Waals surface area contributed by atoms with Crippen LogP contribution >= 0.6 is 12.6 Å². The van der Waals surface area contributed by atoms with Gasteiger partial charge in [-0.25, -0.2) is 9.78 Å². The van der Waals surface area contributed by atoms with Crippen molar-refractivity contribution in [2.45, 2.75) is 43.6 Å². The summed E-state index contributed by atoms with van der Waals surface area (Å²) in [6, 6.07) is -5.28. The summed E-state index contributed by atoms with van der Waals surface area (Å²) < 4.78 is 0. The van der Waals surface area contributed by atoms with Crippen LogP contribution in [-0.2, 0) is 25.6 Å². The molecule has 9 N–H and O–H groups in total. The summed E-state index contributed by atoms with van der Waals surface area (Å²) in [5, 5.41) is 34.4. The third-order valence-corrected chi connectivity index (χ3v) is 4.37. The molecule has 5 unspecified atom stereocenters. The molecule has 0 bridgehead atoms. The number of H-pyrrole nitrogens is 1. The maximum atomic E-state index is 12.7.